The predicted octanol–water partition coefficient (Wildman–Crippen LogP) is -1.09. The fourth-order valence-corrected chi connectivity index (χ4v) is 0.905. The number of nitriles is 2. The highest BCUT2D eigenvalue weighted by Crippen LogP contribution is 2.02. The molecule has 0 saturated carbocycles. The molecule has 0 rings (SSSR count). The van der Waals surface area contributed by atoms with Gasteiger partial charge in [0.05, 0.1) is 0 Å². The molecule has 0 saturated heterocycles. The first-order valence-electron chi connectivity index (χ1n) is 4.47. The van der Waals surface area contributed by atoms with Crippen LogP contribution in [0.15, 0.2) is 0 Å². The maximum absolute atomic E-state index is 11.0. The number of carbonyl (C=O) groups excluding carboxylic acids is 2. The quantitative estimate of drug-likeness (QED) is 0.152. The van der Waals surface area contributed by atoms with Crippen molar-refractivity contribution in [2.24, 2.45) is 11.7 Å². The van der Waals surface area contributed by atoms with E-state index in [1.165, 1.54) is 12.4 Å². The standard InChI is InChI=1S/C8H12N6O2/c9-5-13(11)7(15)3-1-2-4-8(16)14(12)6-10/h1-4,11-12H2. The SMILES string of the molecule is N#CN(N)C(=O)CCCCC(=O)N(N)C#N. The molecule has 0 bridgehead atoms. The van der Waals surface area contributed by atoms with Gasteiger partial charge in [0.25, 0.3) is 0 Å². The Hall–Kier alpha value is -2.16. The van der Waals surface area contributed by atoms with E-state index < -0.39 is 11.8 Å². The molecule has 86 valence electrons. The van der Waals surface area contributed by atoms with Gasteiger partial charge >= 0.3 is 0 Å². The number of unbranched alkanes of at least 4 members (excludes halogenated alkanes) is 1. The van der Waals surface area contributed by atoms with Crippen LogP contribution in [-0.4, -0.2) is 21.8 Å². The van der Waals surface area contributed by atoms with Gasteiger partial charge in [0.2, 0.25) is 24.2 Å². The van der Waals surface area contributed by atoms with Gasteiger partial charge in [-0.3, -0.25) is 9.59 Å². The molecule has 0 aromatic carbocycles. The van der Waals surface area contributed by atoms with E-state index in [-0.39, 0.29) is 12.8 Å². The van der Waals surface area contributed by atoms with Gasteiger partial charge in [-0.05, 0) is 12.8 Å². The third kappa shape index (κ3) is 4.91. The van der Waals surface area contributed by atoms with Crippen molar-refractivity contribution < 1.29 is 9.59 Å². The molecule has 16 heavy (non-hydrogen) atoms. The fourth-order valence-electron chi connectivity index (χ4n) is 0.905. The lowest BCUT2D eigenvalue weighted by molar-refractivity contribution is -0.130. The number of hydrogen-bond donors (Lipinski definition) is 2. The van der Waals surface area contributed by atoms with Gasteiger partial charge in [0.15, 0.2) is 0 Å². The zero-order valence-electron chi connectivity index (χ0n) is 8.59. The van der Waals surface area contributed by atoms with Gasteiger partial charge < -0.3 is 0 Å². The molecule has 2 amide bonds. The van der Waals surface area contributed by atoms with E-state index in [9.17, 15) is 9.59 Å². The maximum atomic E-state index is 11.0. The van der Waals surface area contributed by atoms with Crippen molar-refractivity contribution in [3.63, 3.8) is 0 Å². The van der Waals surface area contributed by atoms with Crippen molar-refractivity contribution in [2.45, 2.75) is 25.7 Å². The van der Waals surface area contributed by atoms with Crippen molar-refractivity contribution in [1.29, 1.82) is 10.5 Å². The molecule has 0 fully saturated rings. The average molecular weight is 224 g/mol. The van der Waals surface area contributed by atoms with Crippen LogP contribution in [0.1, 0.15) is 25.7 Å². The summed E-state index contributed by atoms with van der Waals surface area (Å²) in [5.74, 6) is 9.00. The topological polar surface area (TPSA) is 140 Å². The summed E-state index contributed by atoms with van der Waals surface area (Å²) < 4.78 is 0. The smallest absolute Gasteiger partial charge is 0.250 e. The Kier molecular flexibility index (Phi) is 6.21. The van der Waals surface area contributed by atoms with Crippen LogP contribution in [0.5, 0.6) is 0 Å². The summed E-state index contributed by atoms with van der Waals surface area (Å²) >= 11 is 0. The highest BCUT2D eigenvalue weighted by Gasteiger charge is 2.10. The largest absolute Gasteiger partial charge is 0.272 e. The van der Waals surface area contributed by atoms with Crippen LogP contribution in [-0.2, 0) is 9.59 Å². The molecule has 0 atom stereocenters. The summed E-state index contributed by atoms with van der Waals surface area (Å²) in [5, 5.41) is 17.4. The Balaban J connectivity index is 3.71. The highest BCUT2D eigenvalue weighted by molar-refractivity contribution is 5.78. The normalized spacial score (nSPS) is 8.75. The Bertz CT molecular complexity index is 307. The Morgan fingerprint density at radius 3 is 1.50 bits per heavy atom. The second kappa shape index (κ2) is 7.17. The van der Waals surface area contributed by atoms with Gasteiger partial charge in [0.1, 0.15) is 0 Å². The molecule has 0 unspecified atom stereocenters. The first-order chi connectivity index (χ1) is 7.52. The van der Waals surface area contributed by atoms with Gasteiger partial charge in [-0.15, -0.1) is 0 Å². The van der Waals surface area contributed by atoms with Crippen molar-refractivity contribution in [2.75, 3.05) is 0 Å². The summed E-state index contributed by atoms with van der Waals surface area (Å²) in [4.78, 5) is 22.0. The number of nitrogens with two attached hydrogens (primary N) is 2. The number of rotatable bonds is 5. The van der Waals surface area contributed by atoms with Crippen LogP contribution >= 0.6 is 0 Å². The molecule has 0 aliphatic rings. The van der Waals surface area contributed by atoms with Crippen molar-refractivity contribution >= 4 is 11.8 Å². The van der Waals surface area contributed by atoms with Gasteiger partial charge in [-0.2, -0.15) is 20.5 Å². The zero-order chi connectivity index (χ0) is 12.6. The Labute approximate surface area is 92.5 Å². The summed E-state index contributed by atoms with van der Waals surface area (Å²) in [5.41, 5.74) is 0. The van der Waals surface area contributed by atoms with Crippen LogP contribution in [0.2, 0.25) is 0 Å². The van der Waals surface area contributed by atoms with E-state index in [1.807, 2.05) is 0 Å². The summed E-state index contributed by atoms with van der Waals surface area (Å²) in [7, 11) is 0. The zero-order valence-corrected chi connectivity index (χ0v) is 8.59. The predicted molar refractivity (Wildman–Crippen MR) is 51.8 cm³/mol. The van der Waals surface area contributed by atoms with Gasteiger partial charge in [-0.1, -0.05) is 0 Å². The minimum atomic E-state index is -0.514. The summed E-state index contributed by atoms with van der Waals surface area (Å²) in [6, 6.07) is 0. The molecule has 8 nitrogen and oxygen atoms in total. The summed E-state index contributed by atoms with van der Waals surface area (Å²) in [6.45, 7) is 0. The molecular weight excluding hydrogens is 212 g/mol. The third-order valence-corrected chi connectivity index (χ3v) is 1.78. The second-order valence-corrected chi connectivity index (χ2v) is 2.93. The second-order valence-electron chi connectivity index (χ2n) is 2.93. The van der Waals surface area contributed by atoms with Gasteiger partial charge in [0, 0.05) is 12.8 Å². The molecule has 8 heteroatoms. The number of nitrogens with zero attached hydrogens (tertiary/aromatic N) is 4. The lowest BCUT2D eigenvalue weighted by Crippen LogP contribution is -2.33. The van der Waals surface area contributed by atoms with Crippen LogP contribution in [0.3, 0.4) is 0 Å². The van der Waals surface area contributed by atoms with E-state index in [1.54, 1.807) is 0 Å². The van der Waals surface area contributed by atoms with Crippen molar-refractivity contribution in [1.82, 2.24) is 10.0 Å². The van der Waals surface area contributed by atoms with Crippen LogP contribution in [0, 0.1) is 22.9 Å². The van der Waals surface area contributed by atoms with Crippen molar-refractivity contribution in [3.05, 3.63) is 0 Å². The molecule has 0 aromatic heterocycles. The van der Waals surface area contributed by atoms with Crippen LogP contribution in [0.4, 0.5) is 0 Å². The van der Waals surface area contributed by atoms with E-state index in [2.05, 4.69) is 0 Å². The van der Waals surface area contributed by atoms with Crippen LogP contribution in [0.25, 0.3) is 0 Å². The van der Waals surface area contributed by atoms with E-state index in [4.69, 9.17) is 22.2 Å². The molecule has 0 radical (unpaired) electrons. The first kappa shape index (κ1) is 13.8. The molecule has 0 aliphatic carbocycles. The average Bonchev–Trinajstić information content (AvgIpc) is 2.31. The molecular formula is C8H12N6O2. The lowest BCUT2D eigenvalue weighted by Gasteiger charge is -2.07. The highest BCUT2D eigenvalue weighted by atomic mass is 16.2. The molecule has 4 N–H and O–H groups in total. The number of amides is 2. The molecule has 0 aromatic rings. The van der Waals surface area contributed by atoms with Crippen molar-refractivity contribution in [3.8, 4) is 12.4 Å². The number of hydrogen-bond acceptors (Lipinski definition) is 6. The lowest BCUT2D eigenvalue weighted by atomic mass is 10.2. The monoisotopic (exact) mass is 224 g/mol. The summed E-state index contributed by atoms with van der Waals surface area (Å²) in [6.07, 6.45) is 3.89. The van der Waals surface area contributed by atoms with E-state index >= 15 is 0 Å². The third-order valence-electron chi connectivity index (χ3n) is 1.78. The van der Waals surface area contributed by atoms with Crippen LogP contribution < -0.4 is 11.7 Å². The maximum Gasteiger partial charge on any atom is 0.250 e. The Morgan fingerprint density at radius 2 is 1.25 bits per heavy atom. The first-order valence-corrected chi connectivity index (χ1v) is 4.47. The Morgan fingerprint density at radius 1 is 0.938 bits per heavy atom. The fraction of sp³-hybridized carbons (Fsp3) is 0.500. The minimum absolute atomic E-state index is 0.0778. The molecule has 0 aliphatic heterocycles. The van der Waals surface area contributed by atoms with Gasteiger partial charge in [-0.25, -0.2) is 11.7 Å². The minimum Gasteiger partial charge on any atom is -0.272 e. The van der Waals surface area contributed by atoms with E-state index in [0.29, 0.717) is 22.9 Å². The molecule has 0 spiro atoms. The van der Waals surface area contributed by atoms with E-state index in [0.717, 1.165) is 0 Å². The molecule has 0 heterocycles. The number of hydrazine groups is 2. The number of carbonyl (C=O) groups is 2.